The molecule has 2 unspecified atom stereocenters. The van der Waals surface area contributed by atoms with Crippen molar-refractivity contribution in [1.82, 2.24) is 10.2 Å². The Labute approximate surface area is 125 Å². The third-order valence-electron chi connectivity index (χ3n) is 3.96. The normalized spacial score (nSPS) is 28.6. The largest absolute Gasteiger partial charge is 0.342 e. The van der Waals surface area contributed by atoms with Gasteiger partial charge < -0.3 is 10.2 Å². The maximum Gasteiger partial charge on any atom is 0.246 e. The van der Waals surface area contributed by atoms with Crippen LogP contribution in [0.15, 0.2) is 11.1 Å². The van der Waals surface area contributed by atoms with Gasteiger partial charge in [-0.05, 0) is 36.7 Å². The van der Waals surface area contributed by atoms with E-state index < -0.39 is 6.04 Å². The topological polar surface area (TPSA) is 49.4 Å². The fourth-order valence-corrected chi connectivity index (χ4v) is 2.75. The van der Waals surface area contributed by atoms with E-state index in [0.29, 0.717) is 12.5 Å². The fourth-order valence-electron chi connectivity index (χ4n) is 2.68. The molecule has 0 aromatic rings. The first-order valence-corrected chi connectivity index (χ1v) is 7.56. The van der Waals surface area contributed by atoms with Crippen molar-refractivity contribution < 1.29 is 9.59 Å². The molecule has 0 aromatic heterocycles. The van der Waals surface area contributed by atoms with Crippen LogP contribution in [0.25, 0.3) is 0 Å². The monoisotopic (exact) mass is 298 g/mol. The van der Waals surface area contributed by atoms with Gasteiger partial charge in [0.15, 0.2) is 0 Å². The van der Waals surface area contributed by atoms with E-state index in [1.165, 1.54) is 5.54 Å². The van der Waals surface area contributed by atoms with Crippen LogP contribution in [0.5, 0.6) is 0 Å². The van der Waals surface area contributed by atoms with Crippen molar-refractivity contribution in [3.05, 3.63) is 11.1 Å². The predicted molar refractivity (Wildman–Crippen MR) is 79.2 cm³/mol. The van der Waals surface area contributed by atoms with Crippen LogP contribution in [0.1, 0.15) is 40.5 Å². The van der Waals surface area contributed by atoms with Gasteiger partial charge in [-0.25, -0.2) is 0 Å². The van der Waals surface area contributed by atoms with Crippen LogP contribution in [0.2, 0.25) is 0 Å². The molecule has 1 aliphatic carbocycles. The molecule has 5 heteroatoms. The minimum absolute atomic E-state index is 0.00636. The molecule has 1 saturated carbocycles. The van der Waals surface area contributed by atoms with Crippen LogP contribution in [-0.4, -0.2) is 35.3 Å². The van der Waals surface area contributed by atoms with E-state index in [2.05, 4.69) is 5.32 Å². The molecule has 2 rings (SSSR count). The van der Waals surface area contributed by atoms with Gasteiger partial charge in [0.2, 0.25) is 11.8 Å². The van der Waals surface area contributed by atoms with Gasteiger partial charge in [0.05, 0.1) is 0 Å². The zero-order valence-electron chi connectivity index (χ0n) is 12.6. The van der Waals surface area contributed by atoms with Crippen molar-refractivity contribution in [3.63, 3.8) is 0 Å². The molecule has 0 spiro atoms. The van der Waals surface area contributed by atoms with E-state index >= 15 is 0 Å². The lowest BCUT2D eigenvalue weighted by Gasteiger charge is -2.43. The Morgan fingerprint density at radius 2 is 2.00 bits per heavy atom. The maximum absolute atomic E-state index is 12.8. The summed E-state index contributed by atoms with van der Waals surface area (Å²) >= 11 is 5.72. The first-order chi connectivity index (χ1) is 9.25. The number of nitrogens with one attached hydrogen (secondary N) is 1. The van der Waals surface area contributed by atoms with Gasteiger partial charge in [-0.1, -0.05) is 32.4 Å². The lowest BCUT2D eigenvalue weighted by atomic mass is 9.83. The van der Waals surface area contributed by atoms with Gasteiger partial charge >= 0.3 is 0 Å². The summed E-state index contributed by atoms with van der Waals surface area (Å²) in [5, 5.41) is 2.92. The smallest absolute Gasteiger partial charge is 0.246 e. The van der Waals surface area contributed by atoms with Crippen molar-refractivity contribution in [1.29, 1.82) is 0 Å². The Morgan fingerprint density at radius 1 is 1.40 bits per heavy atom. The number of rotatable bonds is 3. The van der Waals surface area contributed by atoms with Crippen molar-refractivity contribution in [2.45, 2.75) is 52.6 Å². The van der Waals surface area contributed by atoms with Crippen LogP contribution in [0.4, 0.5) is 0 Å². The SMILES string of the molecule is CC(=CCl)CN1C(=O)C(C(C)(C)C)NC(=O)C1C1CC1. The highest BCUT2D eigenvalue weighted by Gasteiger charge is 2.50. The molecule has 1 heterocycles. The predicted octanol–water partition coefficient (Wildman–Crippen LogP) is 2.28. The lowest BCUT2D eigenvalue weighted by molar-refractivity contribution is -0.152. The van der Waals surface area contributed by atoms with Crippen LogP contribution in [0.3, 0.4) is 0 Å². The minimum atomic E-state index is -0.465. The van der Waals surface area contributed by atoms with Crippen LogP contribution in [0, 0.1) is 11.3 Å². The molecule has 20 heavy (non-hydrogen) atoms. The zero-order valence-corrected chi connectivity index (χ0v) is 13.3. The second kappa shape index (κ2) is 5.40. The molecule has 112 valence electrons. The summed E-state index contributed by atoms with van der Waals surface area (Å²) < 4.78 is 0. The molecule has 0 aromatic carbocycles. The van der Waals surface area contributed by atoms with E-state index in [1.807, 2.05) is 27.7 Å². The molecule has 1 N–H and O–H groups in total. The molecule has 0 bridgehead atoms. The van der Waals surface area contributed by atoms with Crippen LogP contribution < -0.4 is 5.32 Å². The molecule has 4 nitrogen and oxygen atoms in total. The molecule has 2 amide bonds. The Bertz CT molecular complexity index is 449. The van der Waals surface area contributed by atoms with E-state index in [1.54, 1.807) is 4.90 Å². The molecule has 2 aliphatic rings. The van der Waals surface area contributed by atoms with Crippen LogP contribution >= 0.6 is 11.6 Å². The number of hydrogen-bond acceptors (Lipinski definition) is 2. The second-order valence-corrected chi connectivity index (χ2v) is 7.23. The summed E-state index contributed by atoms with van der Waals surface area (Å²) in [7, 11) is 0. The van der Waals surface area contributed by atoms with Gasteiger partial charge in [0, 0.05) is 12.1 Å². The molecular weight excluding hydrogens is 276 g/mol. The highest BCUT2D eigenvalue weighted by atomic mass is 35.5. The van der Waals surface area contributed by atoms with Gasteiger partial charge in [-0.2, -0.15) is 0 Å². The summed E-state index contributed by atoms with van der Waals surface area (Å²) in [6.45, 7) is 8.22. The number of carbonyl (C=O) groups is 2. The average Bonchev–Trinajstić information content (AvgIpc) is 3.16. The maximum atomic E-state index is 12.8. The van der Waals surface area contributed by atoms with Crippen molar-refractivity contribution in [2.24, 2.45) is 11.3 Å². The van der Waals surface area contributed by atoms with E-state index in [9.17, 15) is 9.59 Å². The summed E-state index contributed by atoms with van der Waals surface area (Å²) in [5.41, 5.74) is 2.08. The van der Waals surface area contributed by atoms with Gasteiger partial charge in [0.25, 0.3) is 0 Å². The number of hydrogen-bond donors (Lipinski definition) is 1. The second-order valence-electron chi connectivity index (χ2n) is 7.01. The molecule has 2 fully saturated rings. The van der Waals surface area contributed by atoms with Gasteiger partial charge in [-0.15, -0.1) is 0 Å². The lowest BCUT2D eigenvalue weighted by Crippen LogP contribution is -2.67. The third-order valence-corrected chi connectivity index (χ3v) is 4.33. The van der Waals surface area contributed by atoms with Gasteiger partial charge in [0.1, 0.15) is 12.1 Å². The number of nitrogens with zero attached hydrogens (tertiary/aromatic N) is 1. The van der Waals surface area contributed by atoms with E-state index in [0.717, 1.165) is 18.4 Å². The molecular formula is C15H23ClN2O2. The van der Waals surface area contributed by atoms with Crippen molar-refractivity contribution in [2.75, 3.05) is 6.54 Å². The first kappa shape index (κ1) is 15.4. The van der Waals surface area contributed by atoms with E-state index in [4.69, 9.17) is 11.6 Å². The molecule has 0 radical (unpaired) electrons. The number of amides is 2. The van der Waals surface area contributed by atoms with Crippen LogP contribution in [-0.2, 0) is 9.59 Å². The highest BCUT2D eigenvalue weighted by Crippen LogP contribution is 2.38. The summed E-state index contributed by atoms with van der Waals surface area (Å²) in [6, 6.07) is -0.791. The minimum Gasteiger partial charge on any atom is -0.342 e. The molecule has 1 aliphatic heterocycles. The summed E-state index contributed by atoms with van der Waals surface area (Å²) in [6.07, 6.45) is 2.04. The van der Waals surface area contributed by atoms with Crippen molar-refractivity contribution >= 4 is 23.4 Å². The average molecular weight is 299 g/mol. The fraction of sp³-hybridized carbons (Fsp3) is 0.733. The first-order valence-electron chi connectivity index (χ1n) is 7.12. The van der Waals surface area contributed by atoms with Gasteiger partial charge in [-0.3, -0.25) is 9.59 Å². The Kier molecular flexibility index (Phi) is 4.14. The number of piperazine rings is 1. The molecule has 1 saturated heterocycles. The Morgan fingerprint density at radius 3 is 2.45 bits per heavy atom. The standard InChI is InChI=1S/C15H23ClN2O2/c1-9(7-16)8-18-11(10-5-6-10)13(19)17-12(14(18)20)15(2,3)4/h7,10-12H,5-6,8H2,1-4H3,(H,17,19). The third kappa shape index (κ3) is 3.00. The highest BCUT2D eigenvalue weighted by molar-refractivity contribution is 6.25. The van der Waals surface area contributed by atoms with Crippen molar-refractivity contribution in [3.8, 4) is 0 Å². The Hall–Kier alpha value is -1.03. The quantitative estimate of drug-likeness (QED) is 0.869. The van der Waals surface area contributed by atoms with E-state index in [-0.39, 0.29) is 23.3 Å². The summed E-state index contributed by atoms with van der Waals surface area (Å²) in [4.78, 5) is 26.9. The zero-order chi connectivity index (χ0) is 15.1. The Balaban J connectivity index is 2.28. The molecule has 2 atom stereocenters. The number of carbonyl (C=O) groups excluding carboxylic acids is 2. The summed E-state index contributed by atoms with van der Waals surface area (Å²) in [5.74, 6) is 0.296. The number of halogens is 1.